The van der Waals surface area contributed by atoms with Crippen molar-refractivity contribution in [3.63, 3.8) is 0 Å². The van der Waals surface area contributed by atoms with E-state index in [-0.39, 0.29) is 84.3 Å². The maximum absolute atomic E-state index is 9.90. The third-order valence-corrected chi connectivity index (χ3v) is 1.42. The number of rotatable bonds is 5. The molecular formula is C6H15LiNa2O6. The van der Waals surface area contributed by atoms with Crippen molar-refractivity contribution in [2.24, 2.45) is 0 Å². The van der Waals surface area contributed by atoms with Crippen molar-refractivity contribution in [3.05, 3.63) is 0 Å². The van der Waals surface area contributed by atoms with Gasteiger partial charge >= 0.3 is 78.0 Å². The SMILES string of the molecule is O=C[C@H](O)[C@@H](O)[C@H](O)[C@H](O)CO.[LiH].[NaH].[NaH]. The molecule has 0 heterocycles. The Morgan fingerprint density at radius 1 is 1.00 bits per heavy atom. The molecule has 0 aliphatic heterocycles. The first-order valence-electron chi connectivity index (χ1n) is 3.33. The number of carbonyl (C=O) groups is 1. The molecule has 0 aromatic heterocycles. The molecule has 0 aromatic carbocycles. The van der Waals surface area contributed by atoms with Gasteiger partial charge in [-0.3, -0.25) is 0 Å². The summed E-state index contributed by atoms with van der Waals surface area (Å²) in [5, 5.41) is 43.5. The average Bonchev–Trinajstić information content (AvgIpc) is 2.12. The summed E-state index contributed by atoms with van der Waals surface area (Å²) in [6.07, 6.45) is -6.84. The molecule has 0 saturated carbocycles. The Hall–Kier alpha value is 2.07. The monoisotopic (exact) mass is 236 g/mol. The predicted molar refractivity (Wildman–Crippen MR) is 58.6 cm³/mol. The average molecular weight is 236 g/mol. The van der Waals surface area contributed by atoms with Crippen LogP contribution in [0.5, 0.6) is 0 Å². The third-order valence-electron chi connectivity index (χ3n) is 1.42. The number of aldehydes is 1. The summed E-state index contributed by atoms with van der Waals surface area (Å²) in [5.41, 5.74) is 0. The Balaban J connectivity index is -0.000000202. The van der Waals surface area contributed by atoms with Crippen LogP contribution in [0.4, 0.5) is 0 Å². The van der Waals surface area contributed by atoms with E-state index < -0.39 is 31.0 Å². The molecule has 4 atom stereocenters. The van der Waals surface area contributed by atoms with Gasteiger partial charge < -0.3 is 30.3 Å². The summed E-state index contributed by atoms with van der Waals surface area (Å²) < 4.78 is 0. The van der Waals surface area contributed by atoms with Crippen LogP contribution in [0.3, 0.4) is 0 Å². The van der Waals surface area contributed by atoms with E-state index in [1.165, 1.54) is 0 Å². The molecule has 0 amide bonds. The van der Waals surface area contributed by atoms with E-state index in [4.69, 9.17) is 25.5 Å². The molecule has 0 saturated heterocycles. The summed E-state index contributed by atoms with van der Waals surface area (Å²) in [6.45, 7) is -0.760. The fourth-order valence-electron chi connectivity index (χ4n) is 0.618. The number of aliphatic hydroxyl groups excluding tert-OH is 5. The zero-order valence-electron chi connectivity index (χ0n) is 6.24. The molecule has 0 aliphatic carbocycles. The summed E-state index contributed by atoms with van der Waals surface area (Å²) >= 11 is 0. The first-order valence-corrected chi connectivity index (χ1v) is 3.33. The minimum absolute atomic E-state index is 0. The molecule has 0 bridgehead atoms. The van der Waals surface area contributed by atoms with E-state index in [2.05, 4.69) is 0 Å². The van der Waals surface area contributed by atoms with Crippen molar-refractivity contribution in [2.75, 3.05) is 6.61 Å². The number of hydrogen-bond acceptors (Lipinski definition) is 6. The molecule has 0 fully saturated rings. The van der Waals surface area contributed by atoms with Crippen LogP contribution in [0.1, 0.15) is 0 Å². The van der Waals surface area contributed by atoms with Crippen LogP contribution >= 0.6 is 0 Å². The van der Waals surface area contributed by atoms with Gasteiger partial charge in [0, 0.05) is 0 Å². The molecule has 0 radical (unpaired) electrons. The first kappa shape index (κ1) is 25.8. The molecule has 0 aromatic rings. The minimum atomic E-state index is -1.79. The second-order valence-corrected chi connectivity index (χ2v) is 2.36. The molecule has 5 N–H and O–H groups in total. The van der Waals surface area contributed by atoms with E-state index in [0.29, 0.717) is 0 Å². The molecule has 6 nitrogen and oxygen atoms in total. The van der Waals surface area contributed by atoms with Gasteiger partial charge in [0.05, 0.1) is 6.61 Å². The van der Waals surface area contributed by atoms with Gasteiger partial charge in [-0.15, -0.1) is 0 Å². The standard InChI is InChI=1S/C6H12O6.Li.2Na.3H/c7-1-3(9)5(11)6(12)4(10)2-8;;;;;;/h1,3-6,8-12H,2H2;;;;;;/t3-,4+,5+,6+;;;;;;/m0....../s1. The molecule has 0 spiro atoms. The van der Waals surface area contributed by atoms with Crippen LogP contribution in [0, 0.1) is 0 Å². The van der Waals surface area contributed by atoms with E-state index in [9.17, 15) is 4.79 Å². The number of carbonyl (C=O) groups excluding carboxylic acids is 1. The van der Waals surface area contributed by atoms with Crippen LogP contribution in [-0.2, 0) is 4.79 Å². The summed E-state index contributed by atoms with van der Waals surface area (Å²) in [4.78, 5) is 9.90. The Bertz CT molecular complexity index is 152. The second kappa shape index (κ2) is 14.1. The van der Waals surface area contributed by atoms with E-state index >= 15 is 0 Å². The van der Waals surface area contributed by atoms with Gasteiger partial charge in [-0.25, -0.2) is 0 Å². The van der Waals surface area contributed by atoms with Crippen molar-refractivity contribution in [3.8, 4) is 0 Å². The summed E-state index contributed by atoms with van der Waals surface area (Å²) in [5.74, 6) is 0. The molecule has 0 rings (SSSR count). The van der Waals surface area contributed by atoms with Gasteiger partial charge in [-0.05, 0) is 0 Å². The van der Waals surface area contributed by atoms with Gasteiger partial charge in [0.15, 0.2) is 6.29 Å². The quantitative estimate of drug-likeness (QED) is 0.240. The maximum atomic E-state index is 9.90. The molecule has 15 heavy (non-hydrogen) atoms. The Labute approximate surface area is 144 Å². The second-order valence-electron chi connectivity index (χ2n) is 2.36. The molecule has 78 valence electrons. The summed E-state index contributed by atoms with van der Waals surface area (Å²) in [6, 6.07) is 0. The molecule has 9 heteroatoms. The topological polar surface area (TPSA) is 118 Å². The van der Waals surface area contributed by atoms with Crippen molar-refractivity contribution < 1.29 is 30.3 Å². The fourth-order valence-corrected chi connectivity index (χ4v) is 0.618. The van der Waals surface area contributed by atoms with E-state index in [1.807, 2.05) is 0 Å². The van der Waals surface area contributed by atoms with Crippen LogP contribution in [0.25, 0.3) is 0 Å². The van der Waals surface area contributed by atoms with Gasteiger partial charge in [0.25, 0.3) is 0 Å². The summed E-state index contributed by atoms with van der Waals surface area (Å²) in [7, 11) is 0. The molecular weight excluding hydrogens is 221 g/mol. The van der Waals surface area contributed by atoms with Crippen LogP contribution in [-0.4, -0.2) is 141 Å². The van der Waals surface area contributed by atoms with Crippen LogP contribution < -0.4 is 0 Å². The normalized spacial score (nSPS) is 16.9. The van der Waals surface area contributed by atoms with Crippen molar-refractivity contribution >= 4 is 84.3 Å². The van der Waals surface area contributed by atoms with Gasteiger partial charge in [-0.1, -0.05) is 0 Å². The third kappa shape index (κ3) is 9.74. The number of aliphatic hydroxyl groups is 5. The van der Waals surface area contributed by atoms with Crippen LogP contribution in [0.15, 0.2) is 0 Å². The van der Waals surface area contributed by atoms with Gasteiger partial charge in [0.2, 0.25) is 0 Å². The number of hydrogen-bond donors (Lipinski definition) is 5. The van der Waals surface area contributed by atoms with Crippen LogP contribution in [0.2, 0.25) is 0 Å². The zero-order chi connectivity index (χ0) is 9.72. The Kier molecular flexibility index (Phi) is 24.3. The van der Waals surface area contributed by atoms with Gasteiger partial charge in [-0.2, -0.15) is 0 Å². The zero-order valence-corrected chi connectivity index (χ0v) is 6.24. The van der Waals surface area contributed by atoms with Crippen molar-refractivity contribution in [1.82, 2.24) is 0 Å². The fraction of sp³-hybridized carbons (Fsp3) is 0.833. The van der Waals surface area contributed by atoms with E-state index in [0.717, 1.165) is 0 Å². The first-order chi connectivity index (χ1) is 5.54. The predicted octanol–water partition coefficient (Wildman–Crippen LogP) is -5.32. The Morgan fingerprint density at radius 2 is 1.40 bits per heavy atom. The van der Waals surface area contributed by atoms with E-state index in [1.54, 1.807) is 0 Å². The van der Waals surface area contributed by atoms with Gasteiger partial charge in [0.1, 0.15) is 24.4 Å². The van der Waals surface area contributed by atoms with Crippen molar-refractivity contribution in [1.29, 1.82) is 0 Å². The molecule has 0 unspecified atom stereocenters. The van der Waals surface area contributed by atoms with Crippen molar-refractivity contribution in [2.45, 2.75) is 24.4 Å². The Morgan fingerprint density at radius 3 is 1.67 bits per heavy atom. The molecule has 0 aliphatic rings.